The summed E-state index contributed by atoms with van der Waals surface area (Å²) in [5.74, 6) is 0.597. The largest absolute Gasteiger partial charge is 0.491 e. The Balaban J connectivity index is 1.76. The van der Waals surface area contributed by atoms with E-state index in [0.717, 1.165) is 12.8 Å². The van der Waals surface area contributed by atoms with Crippen LogP contribution >= 0.6 is 0 Å². The fourth-order valence-electron chi connectivity index (χ4n) is 3.29. The Labute approximate surface area is 137 Å². The van der Waals surface area contributed by atoms with Gasteiger partial charge in [0.05, 0.1) is 18.7 Å². The predicted octanol–water partition coefficient (Wildman–Crippen LogP) is 2.88. The maximum Gasteiger partial charge on any atom is 0.251 e. The van der Waals surface area contributed by atoms with Crippen LogP contribution in [0.4, 0.5) is 5.69 Å². The molecule has 0 bridgehead atoms. The van der Waals surface area contributed by atoms with E-state index in [4.69, 9.17) is 4.74 Å². The first-order valence-corrected chi connectivity index (χ1v) is 8.49. The van der Waals surface area contributed by atoms with Gasteiger partial charge in [-0.15, -0.1) is 0 Å². The van der Waals surface area contributed by atoms with Gasteiger partial charge in [-0.25, -0.2) is 0 Å². The third kappa shape index (κ3) is 3.66. The van der Waals surface area contributed by atoms with E-state index in [-0.39, 0.29) is 17.9 Å². The van der Waals surface area contributed by atoms with Crippen molar-refractivity contribution in [2.24, 2.45) is 0 Å². The third-order valence-electron chi connectivity index (χ3n) is 4.72. The first-order chi connectivity index (χ1) is 11.1. The molecule has 124 valence electrons. The summed E-state index contributed by atoms with van der Waals surface area (Å²) >= 11 is 0. The Bertz CT molecular complexity index is 592. The van der Waals surface area contributed by atoms with E-state index in [2.05, 4.69) is 5.32 Å². The maximum absolute atomic E-state index is 12.5. The lowest BCUT2D eigenvalue weighted by atomic mass is 10.1. The Hall–Kier alpha value is -2.04. The van der Waals surface area contributed by atoms with Gasteiger partial charge in [-0.2, -0.15) is 0 Å². The number of hydrogen-bond acceptors (Lipinski definition) is 3. The lowest BCUT2D eigenvalue weighted by Crippen LogP contribution is -2.34. The Morgan fingerprint density at radius 1 is 1.22 bits per heavy atom. The van der Waals surface area contributed by atoms with E-state index < -0.39 is 0 Å². The Morgan fingerprint density at radius 3 is 2.70 bits per heavy atom. The van der Waals surface area contributed by atoms with E-state index in [9.17, 15) is 9.59 Å². The van der Waals surface area contributed by atoms with E-state index in [0.29, 0.717) is 30.0 Å². The molecule has 2 aliphatic rings. The molecule has 0 atom stereocenters. The highest BCUT2D eigenvalue weighted by Gasteiger charge is 2.22. The van der Waals surface area contributed by atoms with Crippen molar-refractivity contribution in [3.05, 3.63) is 23.8 Å². The fourth-order valence-corrected chi connectivity index (χ4v) is 3.29. The lowest BCUT2D eigenvalue weighted by molar-refractivity contribution is -0.118. The molecule has 0 saturated heterocycles. The first-order valence-electron chi connectivity index (χ1n) is 8.49. The summed E-state index contributed by atoms with van der Waals surface area (Å²) in [7, 11) is 1.73. The quantitative estimate of drug-likeness (QED) is 0.854. The maximum atomic E-state index is 12.5. The summed E-state index contributed by atoms with van der Waals surface area (Å²) in [6.07, 6.45) is 7.34. The zero-order chi connectivity index (χ0) is 16.2. The standard InChI is InChI=1S/C18H24N2O3/c1-20-15-12-13(8-9-16(15)23-11-10-17(20)21)18(22)19-14-6-4-2-3-5-7-14/h8-9,12,14H,2-7,10-11H2,1H3,(H,19,22). The minimum Gasteiger partial charge on any atom is -0.491 e. The summed E-state index contributed by atoms with van der Waals surface area (Å²) in [6, 6.07) is 5.57. The first kappa shape index (κ1) is 15.8. The van der Waals surface area contributed by atoms with Gasteiger partial charge < -0.3 is 15.0 Å². The number of anilines is 1. The van der Waals surface area contributed by atoms with Crippen molar-refractivity contribution >= 4 is 17.5 Å². The highest BCUT2D eigenvalue weighted by atomic mass is 16.5. The SMILES string of the molecule is CN1C(=O)CCOc2ccc(C(=O)NC3CCCCCC3)cc21. The van der Waals surface area contributed by atoms with Gasteiger partial charge in [0.1, 0.15) is 5.75 Å². The van der Waals surface area contributed by atoms with Crippen LogP contribution in [-0.2, 0) is 4.79 Å². The van der Waals surface area contributed by atoms with Gasteiger partial charge in [-0.3, -0.25) is 9.59 Å². The summed E-state index contributed by atoms with van der Waals surface area (Å²) in [5, 5.41) is 3.14. The number of amides is 2. The summed E-state index contributed by atoms with van der Waals surface area (Å²) in [5.41, 5.74) is 1.25. The molecule has 2 amide bonds. The average Bonchev–Trinajstić information content (AvgIpc) is 2.88. The molecule has 1 aromatic carbocycles. The third-order valence-corrected chi connectivity index (χ3v) is 4.72. The second kappa shape index (κ2) is 7.02. The molecule has 1 aliphatic carbocycles. The zero-order valence-electron chi connectivity index (χ0n) is 13.6. The molecule has 1 fully saturated rings. The molecule has 1 aromatic rings. The van der Waals surface area contributed by atoms with Crippen molar-refractivity contribution in [2.75, 3.05) is 18.6 Å². The van der Waals surface area contributed by atoms with Gasteiger partial charge in [0, 0.05) is 18.7 Å². The van der Waals surface area contributed by atoms with Gasteiger partial charge in [-0.05, 0) is 31.0 Å². The molecule has 3 rings (SSSR count). The molecule has 0 radical (unpaired) electrons. The number of hydrogen-bond donors (Lipinski definition) is 1. The Morgan fingerprint density at radius 2 is 1.96 bits per heavy atom. The highest BCUT2D eigenvalue weighted by Crippen LogP contribution is 2.31. The number of ether oxygens (including phenoxy) is 1. The number of fused-ring (bicyclic) bond motifs is 1. The lowest BCUT2D eigenvalue weighted by Gasteiger charge is -2.19. The van der Waals surface area contributed by atoms with Crippen LogP contribution in [0.1, 0.15) is 55.3 Å². The number of carbonyl (C=O) groups is 2. The van der Waals surface area contributed by atoms with Gasteiger partial charge in [-0.1, -0.05) is 25.7 Å². The van der Waals surface area contributed by atoms with Crippen LogP contribution in [0.2, 0.25) is 0 Å². The smallest absolute Gasteiger partial charge is 0.251 e. The number of benzene rings is 1. The minimum atomic E-state index is -0.0650. The minimum absolute atomic E-state index is 0.00470. The summed E-state index contributed by atoms with van der Waals surface area (Å²) < 4.78 is 5.60. The van der Waals surface area contributed by atoms with Crippen LogP contribution in [0.25, 0.3) is 0 Å². The van der Waals surface area contributed by atoms with Crippen LogP contribution in [0.3, 0.4) is 0 Å². The summed E-state index contributed by atoms with van der Waals surface area (Å²) in [6.45, 7) is 0.379. The number of nitrogens with one attached hydrogen (secondary N) is 1. The van der Waals surface area contributed by atoms with E-state index in [1.54, 1.807) is 30.1 Å². The molecule has 1 heterocycles. The summed E-state index contributed by atoms with van der Waals surface area (Å²) in [4.78, 5) is 26.1. The number of rotatable bonds is 2. The Kier molecular flexibility index (Phi) is 4.84. The second-order valence-corrected chi connectivity index (χ2v) is 6.40. The van der Waals surface area contributed by atoms with E-state index >= 15 is 0 Å². The molecule has 0 unspecified atom stereocenters. The van der Waals surface area contributed by atoms with Crippen molar-refractivity contribution < 1.29 is 14.3 Å². The molecular weight excluding hydrogens is 292 g/mol. The molecule has 23 heavy (non-hydrogen) atoms. The molecule has 1 aliphatic heterocycles. The van der Waals surface area contributed by atoms with Crippen molar-refractivity contribution in [1.29, 1.82) is 0 Å². The molecule has 1 saturated carbocycles. The van der Waals surface area contributed by atoms with Crippen LogP contribution in [-0.4, -0.2) is 31.5 Å². The molecule has 0 aromatic heterocycles. The van der Waals surface area contributed by atoms with Gasteiger partial charge in [0.15, 0.2) is 0 Å². The van der Waals surface area contributed by atoms with Gasteiger partial charge in [0.2, 0.25) is 5.91 Å². The van der Waals surface area contributed by atoms with Gasteiger partial charge in [0.25, 0.3) is 5.91 Å². The zero-order valence-corrected chi connectivity index (χ0v) is 13.6. The van der Waals surface area contributed by atoms with Crippen LogP contribution in [0.15, 0.2) is 18.2 Å². The average molecular weight is 316 g/mol. The molecule has 5 heteroatoms. The van der Waals surface area contributed by atoms with Gasteiger partial charge >= 0.3 is 0 Å². The van der Waals surface area contributed by atoms with Crippen LogP contribution < -0.4 is 15.0 Å². The monoisotopic (exact) mass is 316 g/mol. The highest BCUT2D eigenvalue weighted by molar-refractivity contribution is 5.99. The number of nitrogens with zero attached hydrogens (tertiary/aromatic N) is 1. The molecule has 5 nitrogen and oxygen atoms in total. The predicted molar refractivity (Wildman–Crippen MR) is 88.9 cm³/mol. The normalized spacial score (nSPS) is 19.3. The topological polar surface area (TPSA) is 58.6 Å². The van der Waals surface area contributed by atoms with Crippen LogP contribution in [0.5, 0.6) is 5.75 Å². The van der Waals surface area contributed by atoms with Crippen molar-refractivity contribution in [2.45, 2.75) is 51.0 Å². The van der Waals surface area contributed by atoms with E-state index in [1.165, 1.54) is 25.7 Å². The van der Waals surface area contributed by atoms with Crippen LogP contribution in [0, 0.1) is 0 Å². The van der Waals surface area contributed by atoms with Crippen molar-refractivity contribution in [3.63, 3.8) is 0 Å². The molecule has 1 N–H and O–H groups in total. The van der Waals surface area contributed by atoms with E-state index in [1.807, 2.05) is 0 Å². The van der Waals surface area contributed by atoms with Crippen molar-refractivity contribution in [1.82, 2.24) is 5.32 Å². The molecule has 0 spiro atoms. The second-order valence-electron chi connectivity index (χ2n) is 6.40. The number of carbonyl (C=O) groups excluding carboxylic acids is 2. The fraction of sp³-hybridized carbons (Fsp3) is 0.556. The molecular formula is C18H24N2O3. The van der Waals surface area contributed by atoms with Crippen molar-refractivity contribution in [3.8, 4) is 5.75 Å².